The van der Waals surface area contributed by atoms with E-state index in [4.69, 9.17) is 0 Å². The van der Waals surface area contributed by atoms with Gasteiger partial charge in [-0.3, -0.25) is 29.1 Å². The van der Waals surface area contributed by atoms with Crippen molar-refractivity contribution in [2.24, 2.45) is 0 Å². The lowest BCUT2D eigenvalue weighted by molar-refractivity contribution is -0.131. The van der Waals surface area contributed by atoms with Crippen LogP contribution < -0.4 is 10.2 Å². The quantitative estimate of drug-likeness (QED) is 0.575. The van der Waals surface area contributed by atoms with Gasteiger partial charge in [-0.2, -0.15) is 0 Å². The van der Waals surface area contributed by atoms with Crippen molar-refractivity contribution >= 4 is 35.0 Å². The SMILES string of the molecule is O=C(Nc1ccncc1)c1ccccc1N1CCN(C(=O)CN2C(=O)c3ccccc3C2=O)CC1. The summed E-state index contributed by atoms with van der Waals surface area (Å²) in [5, 5.41) is 2.88. The highest BCUT2D eigenvalue weighted by molar-refractivity contribution is 6.22. The highest BCUT2D eigenvalue weighted by Crippen LogP contribution is 2.25. The number of para-hydroxylation sites is 1. The molecule has 1 fully saturated rings. The number of amides is 4. The second-order valence-corrected chi connectivity index (χ2v) is 8.32. The number of carbonyl (C=O) groups is 4. The molecule has 2 aromatic carbocycles. The Morgan fingerprint density at radius 1 is 0.800 bits per heavy atom. The van der Waals surface area contributed by atoms with E-state index in [0.29, 0.717) is 48.6 Å². The Morgan fingerprint density at radius 2 is 1.40 bits per heavy atom. The second kappa shape index (κ2) is 9.38. The fourth-order valence-corrected chi connectivity index (χ4v) is 4.39. The smallest absolute Gasteiger partial charge is 0.262 e. The molecule has 1 saturated heterocycles. The Bertz CT molecular complexity index is 1270. The molecule has 5 rings (SSSR count). The van der Waals surface area contributed by atoms with Gasteiger partial charge in [-0.1, -0.05) is 24.3 Å². The normalized spacial score (nSPS) is 15.3. The van der Waals surface area contributed by atoms with Crippen molar-refractivity contribution in [3.8, 4) is 0 Å². The molecule has 0 atom stereocenters. The van der Waals surface area contributed by atoms with Gasteiger partial charge in [-0.15, -0.1) is 0 Å². The van der Waals surface area contributed by atoms with Crippen molar-refractivity contribution in [1.82, 2.24) is 14.8 Å². The number of nitrogens with one attached hydrogen (secondary N) is 1. The average molecular weight is 470 g/mol. The summed E-state index contributed by atoms with van der Waals surface area (Å²) in [5.74, 6) is -1.38. The number of rotatable bonds is 5. The Balaban J connectivity index is 1.22. The minimum Gasteiger partial charge on any atom is -0.367 e. The molecular weight excluding hydrogens is 446 g/mol. The Kier molecular flexibility index (Phi) is 5.97. The fraction of sp³-hybridized carbons (Fsp3) is 0.192. The Morgan fingerprint density at radius 3 is 2.06 bits per heavy atom. The molecule has 9 nitrogen and oxygen atoms in total. The Labute approximate surface area is 202 Å². The third-order valence-corrected chi connectivity index (χ3v) is 6.23. The van der Waals surface area contributed by atoms with E-state index in [-0.39, 0.29) is 18.4 Å². The van der Waals surface area contributed by atoms with Crippen molar-refractivity contribution < 1.29 is 19.2 Å². The summed E-state index contributed by atoms with van der Waals surface area (Å²) >= 11 is 0. The van der Waals surface area contributed by atoms with E-state index in [1.165, 1.54) is 0 Å². The molecule has 2 aliphatic rings. The third-order valence-electron chi connectivity index (χ3n) is 6.23. The van der Waals surface area contributed by atoms with E-state index < -0.39 is 11.8 Å². The molecule has 9 heteroatoms. The van der Waals surface area contributed by atoms with E-state index in [2.05, 4.69) is 15.2 Å². The summed E-state index contributed by atoms with van der Waals surface area (Å²) in [4.78, 5) is 59.7. The Hall–Kier alpha value is -4.53. The van der Waals surface area contributed by atoms with E-state index in [0.717, 1.165) is 10.6 Å². The summed E-state index contributed by atoms with van der Waals surface area (Å²) in [6.45, 7) is 1.60. The average Bonchev–Trinajstić information content (AvgIpc) is 3.14. The van der Waals surface area contributed by atoms with Crippen LogP contribution in [0.2, 0.25) is 0 Å². The van der Waals surface area contributed by atoms with Crippen LogP contribution in [0.3, 0.4) is 0 Å². The van der Waals surface area contributed by atoms with E-state index in [1.807, 2.05) is 18.2 Å². The molecule has 3 heterocycles. The molecule has 0 unspecified atom stereocenters. The van der Waals surface area contributed by atoms with Crippen LogP contribution in [0.1, 0.15) is 31.1 Å². The highest BCUT2D eigenvalue weighted by Gasteiger charge is 2.37. The third kappa shape index (κ3) is 4.35. The van der Waals surface area contributed by atoms with E-state index >= 15 is 0 Å². The molecule has 176 valence electrons. The summed E-state index contributed by atoms with van der Waals surface area (Å²) < 4.78 is 0. The number of fused-ring (bicyclic) bond motifs is 1. The van der Waals surface area contributed by atoms with Gasteiger partial charge >= 0.3 is 0 Å². The molecule has 35 heavy (non-hydrogen) atoms. The van der Waals surface area contributed by atoms with Gasteiger partial charge in [0.1, 0.15) is 6.54 Å². The van der Waals surface area contributed by atoms with Gasteiger partial charge in [-0.25, -0.2) is 0 Å². The van der Waals surface area contributed by atoms with Crippen molar-refractivity contribution in [1.29, 1.82) is 0 Å². The van der Waals surface area contributed by atoms with Crippen LogP contribution in [0.4, 0.5) is 11.4 Å². The molecule has 0 saturated carbocycles. The minimum atomic E-state index is -0.438. The summed E-state index contributed by atoms with van der Waals surface area (Å²) in [6.07, 6.45) is 3.22. The predicted octanol–water partition coefficient (Wildman–Crippen LogP) is 2.28. The van der Waals surface area contributed by atoms with Crippen molar-refractivity contribution in [2.45, 2.75) is 0 Å². The maximum absolute atomic E-state index is 12.9. The lowest BCUT2D eigenvalue weighted by atomic mass is 10.1. The van der Waals surface area contributed by atoms with Crippen molar-refractivity contribution in [3.63, 3.8) is 0 Å². The van der Waals surface area contributed by atoms with Crippen LogP contribution in [-0.4, -0.2) is 71.1 Å². The lowest BCUT2D eigenvalue weighted by Crippen LogP contribution is -2.52. The monoisotopic (exact) mass is 469 g/mol. The van der Waals surface area contributed by atoms with Crippen molar-refractivity contribution in [2.75, 3.05) is 42.9 Å². The maximum Gasteiger partial charge on any atom is 0.262 e. The van der Waals surface area contributed by atoms with Crippen LogP contribution >= 0.6 is 0 Å². The summed E-state index contributed by atoms with van der Waals surface area (Å²) in [6, 6.07) is 17.4. The molecule has 4 amide bonds. The largest absolute Gasteiger partial charge is 0.367 e. The number of imide groups is 1. The number of benzene rings is 2. The molecule has 0 aliphatic carbocycles. The minimum absolute atomic E-state index is 0.226. The van der Waals surface area contributed by atoms with Gasteiger partial charge in [0.05, 0.1) is 16.7 Å². The number of piperazine rings is 1. The molecule has 3 aromatic rings. The first-order valence-corrected chi connectivity index (χ1v) is 11.3. The van der Waals surface area contributed by atoms with Gasteiger partial charge in [0.15, 0.2) is 0 Å². The second-order valence-electron chi connectivity index (χ2n) is 8.32. The number of anilines is 2. The summed E-state index contributed by atoms with van der Waals surface area (Å²) in [5.41, 5.74) is 2.64. The first-order chi connectivity index (χ1) is 17.0. The van der Waals surface area contributed by atoms with Crippen LogP contribution in [-0.2, 0) is 4.79 Å². The number of pyridine rings is 1. The molecule has 1 aromatic heterocycles. The van der Waals surface area contributed by atoms with E-state index in [1.54, 1.807) is 59.8 Å². The first kappa shape index (κ1) is 22.3. The van der Waals surface area contributed by atoms with Crippen LogP contribution in [0.5, 0.6) is 0 Å². The van der Waals surface area contributed by atoms with Crippen LogP contribution in [0.15, 0.2) is 73.1 Å². The van der Waals surface area contributed by atoms with Crippen LogP contribution in [0.25, 0.3) is 0 Å². The maximum atomic E-state index is 12.9. The number of hydrogen-bond donors (Lipinski definition) is 1. The zero-order valence-corrected chi connectivity index (χ0v) is 18.9. The number of aromatic nitrogens is 1. The van der Waals surface area contributed by atoms with Crippen LogP contribution in [0, 0.1) is 0 Å². The topological polar surface area (TPSA) is 103 Å². The summed E-state index contributed by atoms with van der Waals surface area (Å²) in [7, 11) is 0. The first-order valence-electron chi connectivity index (χ1n) is 11.3. The van der Waals surface area contributed by atoms with Gasteiger partial charge in [0.25, 0.3) is 17.7 Å². The molecular formula is C26H23N5O4. The van der Waals surface area contributed by atoms with Gasteiger partial charge < -0.3 is 15.1 Å². The van der Waals surface area contributed by atoms with Gasteiger partial charge in [-0.05, 0) is 36.4 Å². The van der Waals surface area contributed by atoms with E-state index in [9.17, 15) is 19.2 Å². The van der Waals surface area contributed by atoms with Gasteiger partial charge in [0, 0.05) is 49.9 Å². The molecule has 1 N–H and O–H groups in total. The highest BCUT2D eigenvalue weighted by atomic mass is 16.2. The predicted molar refractivity (Wildman–Crippen MR) is 129 cm³/mol. The number of nitrogens with zero attached hydrogens (tertiary/aromatic N) is 4. The van der Waals surface area contributed by atoms with Gasteiger partial charge in [0.2, 0.25) is 5.91 Å². The van der Waals surface area contributed by atoms with Crippen molar-refractivity contribution in [3.05, 3.63) is 89.7 Å². The standard InChI is InChI=1S/C26H23N5O4/c32-23(17-31-25(34)19-5-1-2-6-20(19)26(31)35)30-15-13-29(14-16-30)22-8-4-3-7-21(22)24(33)28-18-9-11-27-12-10-18/h1-12H,13-17H2,(H,27,28,33). The molecule has 2 aliphatic heterocycles. The fourth-order valence-electron chi connectivity index (χ4n) is 4.39. The lowest BCUT2D eigenvalue weighted by Gasteiger charge is -2.37. The molecule has 0 spiro atoms. The molecule has 0 radical (unpaired) electrons. The number of hydrogen-bond acceptors (Lipinski definition) is 6. The number of carbonyl (C=O) groups excluding carboxylic acids is 4. The zero-order chi connectivity index (χ0) is 24.4. The zero-order valence-electron chi connectivity index (χ0n) is 18.9. The molecule has 0 bridgehead atoms.